The van der Waals surface area contributed by atoms with Gasteiger partial charge in [-0.15, -0.1) is 0 Å². The van der Waals surface area contributed by atoms with Crippen molar-refractivity contribution in [2.75, 3.05) is 32.0 Å². The lowest BCUT2D eigenvalue weighted by Crippen LogP contribution is -2.38. The molecule has 1 amide bonds. The molecule has 0 saturated carbocycles. The molecule has 2 aromatic carbocycles. The van der Waals surface area contributed by atoms with Gasteiger partial charge in [-0.2, -0.15) is 0 Å². The number of carbonyl (C=O) groups excluding carboxylic acids is 1. The summed E-state index contributed by atoms with van der Waals surface area (Å²) in [5, 5.41) is 1.47. The Kier molecular flexibility index (Phi) is 8.05. The summed E-state index contributed by atoms with van der Waals surface area (Å²) in [4.78, 5) is 11.8. The minimum atomic E-state index is -3.97. The average Bonchev–Trinajstić information content (AvgIpc) is 2.67. The number of nitrogens with zero attached hydrogens (tertiary/aromatic N) is 2. The summed E-state index contributed by atoms with van der Waals surface area (Å²) < 4.78 is 55.4. The first-order chi connectivity index (χ1) is 14.8. The third-order valence-electron chi connectivity index (χ3n) is 4.79. The first kappa shape index (κ1) is 25.8. The molecule has 0 spiro atoms. The largest absolute Gasteiger partial charge is 0.289 e. The van der Waals surface area contributed by atoms with Crippen LogP contribution >= 0.6 is 0 Å². The van der Waals surface area contributed by atoms with Gasteiger partial charge in [0.25, 0.3) is 10.0 Å². The zero-order chi connectivity index (χ0) is 24.3. The van der Waals surface area contributed by atoms with Crippen LogP contribution in [0.4, 0.5) is 5.69 Å². The summed E-state index contributed by atoms with van der Waals surface area (Å²) in [5.74, 6) is -0.331. The Morgan fingerprint density at radius 2 is 1.50 bits per heavy atom. The number of hydrogen-bond donors (Lipinski definition) is 2. The van der Waals surface area contributed by atoms with E-state index in [0.717, 1.165) is 9.87 Å². The molecular formula is C21H30N4O5S2. The zero-order valence-electron chi connectivity index (χ0n) is 19.1. The maximum atomic E-state index is 13.1. The van der Waals surface area contributed by atoms with Crippen LogP contribution in [0.25, 0.3) is 0 Å². The molecule has 0 atom stereocenters. The van der Waals surface area contributed by atoms with Gasteiger partial charge in [0.05, 0.1) is 15.5 Å². The summed E-state index contributed by atoms with van der Waals surface area (Å²) in [6.45, 7) is 5.12. The molecule has 2 N–H and O–H groups in total. The molecule has 0 heterocycles. The van der Waals surface area contributed by atoms with E-state index in [-0.39, 0.29) is 34.4 Å². The van der Waals surface area contributed by atoms with Crippen molar-refractivity contribution >= 4 is 31.6 Å². The van der Waals surface area contributed by atoms with E-state index < -0.39 is 20.0 Å². The van der Waals surface area contributed by atoms with Crippen molar-refractivity contribution in [3.63, 3.8) is 0 Å². The summed E-state index contributed by atoms with van der Waals surface area (Å²) in [6.07, 6.45) is -0.0448. The topological polar surface area (TPSA) is 116 Å². The molecule has 0 radical (unpaired) electrons. The monoisotopic (exact) mass is 482 g/mol. The fourth-order valence-corrected chi connectivity index (χ4v) is 5.66. The van der Waals surface area contributed by atoms with Crippen LogP contribution in [0.1, 0.15) is 23.1 Å². The van der Waals surface area contributed by atoms with E-state index in [1.165, 1.54) is 30.3 Å². The second-order valence-electron chi connectivity index (χ2n) is 7.77. The second kappa shape index (κ2) is 9.99. The fourth-order valence-electron chi connectivity index (χ4n) is 3.13. The van der Waals surface area contributed by atoms with Gasteiger partial charge in [-0.05, 0) is 50.1 Å². The van der Waals surface area contributed by atoms with Crippen molar-refractivity contribution in [2.24, 2.45) is 0 Å². The van der Waals surface area contributed by atoms with E-state index in [1.807, 2.05) is 6.92 Å². The molecule has 2 aromatic rings. The van der Waals surface area contributed by atoms with Crippen molar-refractivity contribution in [2.45, 2.75) is 37.0 Å². The molecule has 176 valence electrons. The van der Waals surface area contributed by atoms with Crippen LogP contribution in [0.15, 0.2) is 46.2 Å². The highest BCUT2D eigenvalue weighted by Gasteiger charge is 2.26. The zero-order valence-corrected chi connectivity index (χ0v) is 20.8. The number of anilines is 1. The lowest BCUT2D eigenvalue weighted by atomic mass is 10.1. The number of hydrogen-bond acceptors (Lipinski definition) is 6. The van der Waals surface area contributed by atoms with Gasteiger partial charge in [-0.3, -0.25) is 14.5 Å². The second-order valence-corrected chi connectivity index (χ2v) is 11.5. The summed E-state index contributed by atoms with van der Waals surface area (Å²) in [6, 6.07) is 9.41. The van der Waals surface area contributed by atoms with Gasteiger partial charge in [0, 0.05) is 34.1 Å². The van der Waals surface area contributed by atoms with Crippen LogP contribution in [0.3, 0.4) is 0 Å². The van der Waals surface area contributed by atoms with Crippen molar-refractivity contribution < 1.29 is 21.6 Å². The molecule has 0 fully saturated rings. The Hall–Kier alpha value is -2.47. The highest BCUT2D eigenvalue weighted by atomic mass is 32.2. The number of sulfonamides is 2. The van der Waals surface area contributed by atoms with Gasteiger partial charge in [0.15, 0.2) is 0 Å². The molecular weight excluding hydrogens is 452 g/mol. The van der Waals surface area contributed by atoms with Crippen LogP contribution in [0.5, 0.6) is 0 Å². The molecule has 0 saturated heterocycles. The molecule has 9 nitrogen and oxygen atoms in total. The van der Waals surface area contributed by atoms with Crippen LogP contribution in [-0.4, -0.2) is 55.4 Å². The Balaban J connectivity index is 2.34. The van der Waals surface area contributed by atoms with E-state index in [0.29, 0.717) is 11.1 Å². The first-order valence-electron chi connectivity index (χ1n) is 9.89. The van der Waals surface area contributed by atoms with Gasteiger partial charge in [-0.1, -0.05) is 23.8 Å². The summed E-state index contributed by atoms with van der Waals surface area (Å²) >= 11 is 0. The highest BCUT2D eigenvalue weighted by molar-refractivity contribution is 7.92. The smallest absolute Gasteiger partial charge is 0.264 e. The predicted molar refractivity (Wildman–Crippen MR) is 124 cm³/mol. The highest BCUT2D eigenvalue weighted by Crippen LogP contribution is 2.30. The Bertz CT molecular complexity index is 1190. The number of rotatable bonds is 9. The standard InChI is InChI=1S/C21H30N4O5S2/c1-15-7-9-18(10-8-15)32(29,30)25(6)19-14-20(17(3)13-16(19)2)31(27,28)22-12-11-21(26)23-24(4)5/h7-10,13-14,22H,11-12H2,1-6H3,(H,23,26). The molecule has 0 aliphatic rings. The number of carbonyl (C=O) groups is 1. The van der Waals surface area contributed by atoms with Crippen molar-refractivity contribution in [3.8, 4) is 0 Å². The van der Waals surface area contributed by atoms with Crippen LogP contribution in [-0.2, 0) is 24.8 Å². The maximum Gasteiger partial charge on any atom is 0.264 e. The van der Waals surface area contributed by atoms with Gasteiger partial charge in [-0.25, -0.2) is 26.6 Å². The Labute approximate surface area is 190 Å². The number of hydrazine groups is 1. The SMILES string of the molecule is Cc1ccc(S(=O)(=O)N(C)c2cc(S(=O)(=O)NCCC(=O)NN(C)C)c(C)cc2C)cc1. The third-order valence-corrected chi connectivity index (χ3v) is 8.18. The third kappa shape index (κ3) is 6.06. The molecule has 2 rings (SSSR count). The molecule has 0 bridgehead atoms. The minimum absolute atomic E-state index is 0.0444. The summed E-state index contributed by atoms with van der Waals surface area (Å²) in [7, 11) is -3.16. The van der Waals surface area contributed by atoms with Crippen molar-refractivity contribution in [3.05, 3.63) is 53.1 Å². The minimum Gasteiger partial charge on any atom is -0.289 e. The lowest BCUT2D eigenvalue weighted by molar-refractivity contribution is -0.124. The molecule has 0 aromatic heterocycles. The van der Waals surface area contributed by atoms with Gasteiger partial charge in [0.1, 0.15) is 0 Å². The molecule has 32 heavy (non-hydrogen) atoms. The lowest BCUT2D eigenvalue weighted by Gasteiger charge is -2.23. The van der Waals surface area contributed by atoms with E-state index in [9.17, 15) is 21.6 Å². The van der Waals surface area contributed by atoms with Crippen LogP contribution in [0, 0.1) is 20.8 Å². The Morgan fingerprint density at radius 3 is 2.06 bits per heavy atom. The Morgan fingerprint density at radius 1 is 0.906 bits per heavy atom. The molecule has 11 heteroatoms. The van der Waals surface area contributed by atoms with E-state index in [2.05, 4.69) is 10.1 Å². The number of aryl methyl sites for hydroxylation is 3. The van der Waals surface area contributed by atoms with E-state index >= 15 is 0 Å². The fraction of sp³-hybridized carbons (Fsp3) is 0.381. The number of amides is 1. The predicted octanol–water partition coefficient (Wildman–Crippen LogP) is 1.70. The van der Waals surface area contributed by atoms with E-state index in [1.54, 1.807) is 46.1 Å². The molecule has 0 unspecified atom stereocenters. The average molecular weight is 483 g/mol. The number of benzene rings is 2. The summed E-state index contributed by atoms with van der Waals surface area (Å²) in [5.41, 5.74) is 4.80. The van der Waals surface area contributed by atoms with Gasteiger partial charge in [0.2, 0.25) is 15.9 Å². The first-order valence-corrected chi connectivity index (χ1v) is 12.8. The van der Waals surface area contributed by atoms with E-state index in [4.69, 9.17) is 0 Å². The number of nitrogens with one attached hydrogen (secondary N) is 2. The van der Waals surface area contributed by atoms with Gasteiger partial charge >= 0.3 is 0 Å². The van der Waals surface area contributed by atoms with Crippen molar-refractivity contribution in [1.82, 2.24) is 15.2 Å². The van der Waals surface area contributed by atoms with Crippen LogP contribution < -0.4 is 14.5 Å². The van der Waals surface area contributed by atoms with Crippen molar-refractivity contribution in [1.29, 1.82) is 0 Å². The van der Waals surface area contributed by atoms with Gasteiger partial charge < -0.3 is 0 Å². The maximum absolute atomic E-state index is 13.1. The quantitative estimate of drug-likeness (QED) is 0.526. The molecule has 0 aliphatic heterocycles. The van der Waals surface area contributed by atoms with Crippen LogP contribution in [0.2, 0.25) is 0 Å². The normalized spacial score (nSPS) is 12.1. The molecule has 0 aliphatic carbocycles.